The Kier molecular flexibility index (Phi) is 61.0. The number of unbranched alkanes of at least 4 members (excludes halogenated alkanes) is 18. The van der Waals surface area contributed by atoms with Crippen LogP contribution in [0.15, 0.2) is 0 Å². The van der Waals surface area contributed by atoms with Crippen LogP contribution in [-0.2, 0) is 32.7 Å². The Hall–Kier alpha value is 2.41. The van der Waals surface area contributed by atoms with Crippen LogP contribution < -0.4 is 0 Å². The summed E-state index contributed by atoms with van der Waals surface area (Å²) >= 11 is 0. The molecule has 0 aliphatic heterocycles. The van der Waals surface area contributed by atoms with Crippen LogP contribution in [0.1, 0.15) is 356 Å². The van der Waals surface area contributed by atoms with Gasteiger partial charge in [-0.2, -0.15) is 0 Å². The molecule has 7 heteroatoms. The molecule has 0 saturated heterocycles. The summed E-state index contributed by atoms with van der Waals surface area (Å²) in [7, 11) is -9.11. The van der Waals surface area contributed by atoms with E-state index in [9.17, 15) is 0 Å². The molecule has 81 heavy (non-hydrogen) atoms. The van der Waals surface area contributed by atoms with Crippen molar-refractivity contribution in [3.8, 4) is 0 Å². The molecule has 0 amide bonds. The minimum absolute atomic E-state index is 0. The smallest absolute Gasteiger partial charge is 0.309 e. The molecule has 0 spiro atoms. The summed E-state index contributed by atoms with van der Waals surface area (Å²) in [5, 5.41) is 0. The summed E-state index contributed by atoms with van der Waals surface area (Å²) in [6.45, 7) is 45.1. The van der Waals surface area contributed by atoms with Gasteiger partial charge in [-0.3, -0.25) is 0 Å². The average Bonchev–Trinajstić information content (AvgIpc) is 3.48. The Morgan fingerprint density at radius 1 is 0.136 bits per heavy atom. The van der Waals surface area contributed by atoms with Gasteiger partial charge >= 0.3 is 32.7 Å². The van der Waals surface area contributed by atoms with Crippen LogP contribution in [0.5, 0.6) is 0 Å². The zero-order valence-electron chi connectivity index (χ0n) is 60.8. The Labute approximate surface area is 550 Å². The molecular formula is C74H162Si6Y+. The Bertz CT molecular complexity index is 912. The monoisotopic (exact) mass is 1310 g/mol. The maximum Gasteiger partial charge on any atom is 3.00 e. The normalized spacial score (nSPS) is 12.9. The molecule has 484 valence electrons. The van der Waals surface area contributed by atoms with Crippen molar-refractivity contribution in [1.82, 2.24) is 0 Å². The second-order valence-electron chi connectivity index (χ2n) is 28.3. The van der Waals surface area contributed by atoms with Crippen molar-refractivity contribution in [2.24, 2.45) is 0 Å². The molecule has 0 unspecified atom stereocenters. The van der Waals surface area contributed by atoms with Gasteiger partial charge in [0.25, 0.3) is 0 Å². The molecule has 0 aliphatic carbocycles. The van der Waals surface area contributed by atoms with Crippen LogP contribution in [0.3, 0.4) is 0 Å². The largest absolute Gasteiger partial charge is 3.00 e. The molecule has 0 nitrogen and oxygen atoms in total. The van der Waals surface area contributed by atoms with Gasteiger partial charge in [0, 0.05) is 0 Å². The van der Waals surface area contributed by atoms with E-state index in [1.807, 2.05) is 0 Å². The maximum absolute atomic E-state index is 2.63. The number of hydrogen-bond acceptors (Lipinski definition) is 0. The molecule has 0 aromatic heterocycles. The summed E-state index contributed by atoms with van der Waals surface area (Å²) in [5.41, 5.74) is 0. The maximum atomic E-state index is 2.63. The third kappa shape index (κ3) is 32.3. The van der Waals surface area contributed by atoms with Gasteiger partial charge in [0.15, 0.2) is 0 Å². The van der Waals surface area contributed by atoms with E-state index in [0.29, 0.717) is 0 Å². The molecule has 0 fully saturated rings. The van der Waals surface area contributed by atoms with E-state index in [-0.39, 0.29) is 32.7 Å². The van der Waals surface area contributed by atoms with Crippen molar-refractivity contribution >= 4 is 48.4 Å². The van der Waals surface area contributed by atoms with E-state index in [1.165, 1.54) is 231 Å². The third-order valence-electron chi connectivity index (χ3n) is 21.3. The quantitative estimate of drug-likeness (QED) is 0.0421. The first-order valence-electron chi connectivity index (χ1n) is 38.6. The van der Waals surface area contributed by atoms with E-state index >= 15 is 0 Å². The summed E-state index contributed by atoms with van der Waals surface area (Å²) < 4.78 is 0. The summed E-state index contributed by atoms with van der Waals surface area (Å²) in [5.74, 6) is 0. The molecule has 0 heterocycles. The van der Waals surface area contributed by atoms with Crippen LogP contribution >= 0.6 is 0 Å². The van der Waals surface area contributed by atoms with E-state index in [0.717, 1.165) is 0 Å². The molecule has 0 aliphatic rings. The van der Waals surface area contributed by atoms with Crippen molar-refractivity contribution in [2.45, 2.75) is 465 Å². The van der Waals surface area contributed by atoms with Crippen molar-refractivity contribution in [1.29, 1.82) is 0 Å². The van der Waals surface area contributed by atoms with Crippen molar-refractivity contribution in [3.63, 3.8) is 0 Å². The predicted molar refractivity (Wildman–Crippen MR) is 396 cm³/mol. The van der Waals surface area contributed by atoms with E-state index in [1.54, 1.807) is 109 Å². The van der Waals surface area contributed by atoms with Gasteiger partial charge in [-0.1, -0.05) is 513 Å². The van der Waals surface area contributed by atoms with Crippen molar-refractivity contribution in [3.05, 3.63) is 9.58 Å². The van der Waals surface area contributed by atoms with Gasteiger partial charge in [-0.25, -0.2) is 0 Å². The predicted octanol–water partition coefficient (Wildman–Crippen LogP) is 29.4. The molecule has 0 atom stereocenters. The molecule has 0 N–H and O–H groups in total. The zero-order chi connectivity index (χ0) is 60.3. The first kappa shape index (κ1) is 87.6. The van der Waals surface area contributed by atoms with Gasteiger partial charge < -0.3 is 9.58 Å². The molecule has 0 aromatic carbocycles. The van der Waals surface area contributed by atoms with Gasteiger partial charge in [-0.15, -0.1) is 0 Å². The van der Waals surface area contributed by atoms with E-state index in [2.05, 4.69) is 134 Å². The minimum atomic E-state index is -1.52. The third-order valence-corrected chi connectivity index (χ3v) is 70.4. The molecule has 0 saturated carbocycles. The fraction of sp³-hybridized carbons (Fsp3) is 0.973. The summed E-state index contributed by atoms with van der Waals surface area (Å²) in [6, 6.07) is 30.2. The van der Waals surface area contributed by atoms with Crippen LogP contribution in [-0.4, -0.2) is 48.4 Å². The molecular weight excluding hydrogens is 1150 g/mol. The number of hydrogen-bond donors (Lipinski definition) is 0. The summed E-state index contributed by atoms with van der Waals surface area (Å²) in [6.07, 6.45) is 53.1. The second-order valence-corrected chi connectivity index (χ2v) is 58.7. The first-order chi connectivity index (χ1) is 38.8. The van der Waals surface area contributed by atoms with Crippen LogP contribution in [0.25, 0.3) is 0 Å². The number of rotatable bonds is 60. The second kappa shape index (κ2) is 56.4. The molecule has 0 rings (SSSR count). The van der Waals surface area contributed by atoms with Crippen molar-refractivity contribution < 1.29 is 32.7 Å². The standard InChI is InChI=1S/2C37H81Si3.Y/c2*1-10-19-28-38(29-20-11-2,30-21-12-3)37(39(31-22-13-4,32-23-14-5)33-24-15-6)40(34-25-16-7,35-26-17-8)36-27-18-9;/h2*10-36H2,1-9H3;/q2*-1;+3. The Balaban J connectivity index is -0.00000148. The van der Waals surface area contributed by atoms with E-state index < -0.39 is 48.4 Å². The topological polar surface area (TPSA) is 0 Å². The fourth-order valence-corrected chi connectivity index (χ4v) is 85.2. The van der Waals surface area contributed by atoms with E-state index in [4.69, 9.17) is 0 Å². The van der Waals surface area contributed by atoms with Crippen LogP contribution in [0.2, 0.25) is 109 Å². The van der Waals surface area contributed by atoms with Crippen LogP contribution in [0, 0.1) is 9.58 Å². The zero-order valence-corrected chi connectivity index (χ0v) is 69.6. The Morgan fingerprint density at radius 3 is 0.247 bits per heavy atom. The fourth-order valence-electron chi connectivity index (χ4n) is 17.1. The van der Waals surface area contributed by atoms with Gasteiger partial charge in [0.05, 0.1) is 0 Å². The minimum Gasteiger partial charge on any atom is -0.309 e. The SMILES string of the molecule is CCCC[Si](CCCC)(CCCC)[C-]([Si](CCCC)(CCCC)CCCC)[Si](CCCC)(CCCC)CCCC.CCCC[Si](CCCC)(CCCC)[C-]([Si](CCCC)(CCCC)CCCC)[Si](CCCC)(CCCC)CCCC.[Y+3]. The molecule has 0 radical (unpaired) electrons. The average molecular weight is 1310 g/mol. The van der Waals surface area contributed by atoms with Crippen LogP contribution in [0.4, 0.5) is 0 Å². The van der Waals surface area contributed by atoms with Gasteiger partial charge in [-0.05, 0) is 0 Å². The van der Waals surface area contributed by atoms with Crippen molar-refractivity contribution in [2.75, 3.05) is 0 Å². The van der Waals surface area contributed by atoms with Gasteiger partial charge in [0.1, 0.15) is 0 Å². The first-order valence-corrected chi connectivity index (χ1v) is 54.3. The molecule has 0 bridgehead atoms. The van der Waals surface area contributed by atoms with Gasteiger partial charge in [0.2, 0.25) is 0 Å². The molecule has 0 aromatic rings. The Morgan fingerprint density at radius 2 is 0.198 bits per heavy atom. The summed E-state index contributed by atoms with van der Waals surface area (Å²) in [4.78, 5) is 5.27.